The normalized spacial score (nSPS) is 26.0. The van der Waals surface area contributed by atoms with Gasteiger partial charge in [0.05, 0.1) is 12.2 Å². The summed E-state index contributed by atoms with van der Waals surface area (Å²) in [6.07, 6.45) is 4.80. The number of carbonyl (C=O) groups is 1. The predicted octanol–water partition coefficient (Wildman–Crippen LogP) is -1.04. The molecule has 2 aliphatic rings. The molecule has 6 atom stereocenters. The summed E-state index contributed by atoms with van der Waals surface area (Å²) in [6, 6.07) is 5.96. The minimum atomic E-state index is -1.04. The molecule has 1 fully saturated rings. The quantitative estimate of drug-likeness (QED) is 0.319. The first kappa shape index (κ1) is 25.0. The molecule has 6 heteroatoms. The molecule has 30 heavy (non-hydrogen) atoms. The Hall–Kier alpha value is -1.29. The van der Waals surface area contributed by atoms with Gasteiger partial charge in [0, 0.05) is 36.2 Å². The molecule has 0 saturated heterocycles. The fraction of sp³-hybridized carbons (Fsp3) is 0.542. The molecular weight excluding hydrogens is 391 g/mol. The molecule has 1 aromatic carbocycles. The molecule has 1 aliphatic carbocycles. The fourth-order valence-corrected chi connectivity index (χ4v) is 4.40. The predicted molar refractivity (Wildman–Crippen MR) is 108 cm³/mol. The third-order valence-electron chi connectivity index (χ3n) is 6.03. The molecule has 2 N–H and O–H groups in total. The summed E-state index contributed by atoms with van der Waals surface area (Å²) in [6.45, 7) is 3.74. The van der Waals surface area contributed by atoms with Crippen LogP contribution in [0.2, 0.25) is 0 Å². The van der Waals surface area contributed by atoms with Gasteiger partial charge in [-0.15, -0.1) is 11.8 Å². The van der Waals surface area contributed by atoms with E-state index in [1.165, 1.54) is 0 Å². The van der Waals surface area contributed by atoms with Gasteiger partial charge in [0.2, 0.25) is 0 Å². The van der Waals surface area contributed by atoms with E-state index in [2.05, 4.69) is 11.8 Å². The van der Waals surface area contributed by atoms with E-state index in [1.807, 2.05) is 31.2 Å². The minimum absolute atomic E-state index is 0. The van der Waals surface area contributed by atoms with E-state index >= 15 is 0 Å². The number of aryl methyl sites for hydroxylation is 1. The number of carbonyl (C=O) groups excluding carboxylic acids is 1. The van der Waals surface area contributed by atoms with Gasteiger partial charge < -0.3 is 24.9 Å². The fourth-order valence-electron chi connectivity index (χ4n) is 4.40. The van der Waals surface area contributed by atoms with Gasteiger partial charge in [0.1, 0.15) is 11.9 Å². The van der Waals surface area contributed by atoms with Crippen LogP contribution in [0.15, 0.2) is 30.4 Å². The summed E-state index contributed by atoms with van der Waals surface area (Å²) in [5, 5.41) is 31.7. The van der Waals surface area contributed by atoms with E-state index in [9.17, 15) is 20.1 Å². The summed E-state index contributed by atoms with van der Waals surface area (Å²) in [5.41, 5.74) is 2.06. The van der Waals surface area contributed by atoms with Crippen molar-refractivity contribution in [2.24, 2.45) is 11.8 Å². The first-order chi connectivity index (χ1) is 13.9. The first-order valence-electron chi connectivity index (χ1n) is 10.3. The van der Waals surface area contributed by atoms with Crippen LogP contribution in [0.3, 0.4) is 0 Å². The van der Waals surface area contributed by atoms with Crippen LogP contribution >= 0.6 is 0 Å². The smallest absolute Gasteiger partial charge is 0.550 e. The van der Waals surface area contributed by atoms with Crippen LogP contribution in [0, 0.1) is 23.7 Å². The topological polar surface area (TPSA) is 89.8 Å². The second-order valence-corrected chi connectivity index (χ2v) is 8.11. The molecule has 0 amide bonds. The molecule has 156 valence electrons. The van der Waals surface area contributed by atoms with Crippen LogP contribution in [0.25, 0.3) is 0 Å². The van der Waals surface area contributed by atoms with Gasteiger partial charge in [-0.2, -0.15) is 0 Å². The summed E-state index contributed by atoms with van der Waals surface area (Å²) < 4.78 is 6.19. The maximum Gasteiger partial charge on any atom is 1.00 e. The Morgan fingerprint density at radius 2 is 2.20 bits per heavy atom. The third kappa shape index (κ3) is 5.69. The van der Waals surface area contributed by atoms with Crippen molar-refractivity contribution >= 4 is 5.97 Å². The number of ether oxygens (including phenoxy) is 1. The van der Waals surface area contributed by atoms with Gasteiger partial charge >= 0.3 is 29.6 Å². The molecule has 1 aromatic rings. The van der Waals surface area contributed by atoms with E-state index in [4.69, 9.17) is 4.74 Å². The van der Waals surface area contributed by atoms with Crippen molar-refractivity contribution < 1.29 is 54.4 Å². The Balaban J connectivity index is 0.00000320. The Morgan fingerprint density at radius 3 is 2.90 bits per heavy atom. The van der Waals surface area contributed by atoms with Crippen LogP contribution in [-0.2, 0) is 11.2 Å². The average Bonchev–Trinajstić information content (AvgIpc) is 3.19. The number of hydrogen-bond donors (Lipinski definition) is 2. The number of aliphatic carboxylic acids is 1. The van der Waals surface area contributed by atoms with Crippen molar-refractivity contribution in [3.8, 4) is 17.6 Å². The number of carboxylic acids is 1. The van der Waals surface area contributed by atoms with Crippen LogP contribution in [0.4, 0.5) is 0 Å². The molecule has 0 bridgehead atoms. The standard InChI is InChI=1S/C24H30O5.Na/c1-3-4-7-15(2)19(25)13-12-17-20(26)14-21-23(17)18-10-5-8-16(24(18)29-21)9-6-11-22(27)28;/h5,8,10,12-13,15,17,19-21,23,25-26H,6-7,9,11,14H2,1-2H3,(H,27,28);/q;+1/p-1/b13-12+;/t15-,17+,19+,20-,21+,23+;/m1./s1. The van der Waals surface area contributed by atoms with Crippen LogP contribution in [0.5, 0.6) is 5.75 Å². The molecule has 5 nitrogen and oxygen atoms in total. The summed E-state index contributed by atoms with van der Waals surface area (Å²) in [7, 11) is 0. The maximum absolute atomic E-state index is 10.7. The van der Waals surface area contributed by atoms with E-state index in [0.29, 0.717) is 25.7 Å². The Bertz CT molecular complexity index is 825. The number of aliphatic hydroxyl groups excluding tert-OH is 2. The number of benzene rings is 1. The molecule has 0 spiro atoms. The van der Waals surface area contributed by atoms with Crippen LogP contribution < -0.4 is 39.4 Å². The second-order valence-electron chi connectivity index (χ2n) is 8.11. The zero-order chi connectivity index (χ0) is 21.0. The summed E-state index contributed by atoms with van der Waals surface area (Å²) >= 11 is 0. The number of carboxylic acid groups (broad SMARTS) is 1. The second kappa shape index (κ2) is 11.4. The van der Waals surface area contributed by atoms with Crippen LogP contribution in [0.1, 0.15) is 56.6 Å². The Kier molecular flexibility index (Phi) is 9.46. The first-order valence-corrected chi connectivity index (χ1v) is 10.3. The summed E-state index contributed by atoms with van der Waals surface area (Å²) in [4.78, 5) is 10.7. The molecule has 1 saturated carbocycles. The van der Waals surface area contributed by atoms with Gasteiger partial charge in [-0.3, -0.25) is 0 Å². The van der Waals surface area contributed by atoms with Crippen molar-refractivity contribution in [1.82, 2.24) is 0 Å². The minimum Gasteiger partial charge on any atom is -0.550 e. The van der Waals surface area contributed by atoms with E-state index in [-0.39, 0.29) is 59.8 Å². The van der Waals surface area contributed by atoms with Crippen molar-refractivity contribution in [3.63, 3.8) is 0 Å². The molecule has 1 aliphatic heterocycles. The largest absolute Gasteiger partial charge is 1.00 e. The average molecular weight is 420 g/mol. The van der Waals surface area contributed by atoms with E-state index in [1.54, 1.807) is 13.0 Å². The van der Waals surface area contributed by atoms with E-state index < -0.39 is 18.2 Å². The third-order valence-corrected chi connectivity index (χ3v) is 6.03. The maximum atomic E-state index is 10.7. The van der Waals surface area contributed by atoms with Gasteiger partial charge in [0.15, 0.2) is 0 Å². The van der Waals surface area contributed by atoms with Gasteiger partial charge in [-0.1, -0.05) is 37.3 Å². The number of hydrogen-bond acceptors (Lipinski definition) is 5. The van der Waals surface area contributed by atoms with Crippen molar-refractivity contribution in [1.29, 1.82) is 0 Å². The van der Waals surface area contributed by atoms with Gasteiger partial charge in [-0.25, -0.2) is 0 Å². The molecule has 0 radical (unpaired) electrons. The van der Waals surface area contributed by atoms with E-state index in [0.717, 1.165) is 16.9 Å². The number of para-hydroxylation sites is 1. The number of aliphatic hydroxyl groups is 2. The molecule has 1 heterocycles. The SMILES string of the molecule is CC#CC[C@@H](C)[C@@H](O)/C=C/[C@@H]1[C@H]2c3cccc(CCCC(=O)[O-])c3O[C@H]2C[C@H]1O.[Na+]. The van der Waals surface area contributed by atoms with Crippen molar-refractivity contribution in [2.75, 3.05) is 0 Å². The summed E-state index contributed by atoms with van der Waals surface area (Å²) in [5.74, 6) is 5.56. The number of fused-ring (bicyclic) bond motifs is 3. The van der Waals surface area contributed by atoms with Gasteiger partial charge in [0.25, 0.3) is 0 Å². The van der Waals surface area contributed by atoms with Crippen molar-refractivity contribution in [2.45, 2.75) is 70.2 Å². The van der Waals surface area contributed by atoms with Crippen LogP contribution in [-0.4, -0.2) is 34.5 Å². The Labute approximate surface area is 200 Å². The number of rotatable bonds is 8. The van der Waals surface area contributed by atoms with Crippen molar-refractivity contribution in [3.05, 3.63) is 41.5 Å². The Morgan fingerprint density at radius 1 is 1.43 bits per heavy atom. The molecule has 0 aromatic heterocycles. The molecule has 3 rings (SSSR count). The zero-order valence-corrected chi connectivity index (χ0v) is 20.0. The monoisotopic (exact) mass is 420 g/mol. The molecular formula is C24H29NaO5. The van der Waals surface area contributed by atoms with Gasteiger partial charge in [-0.05, 0) is 37.7 Å². The zero-order valence-electron chi connectivity index (χ0n) is 18.0. The molecule has 0 unspecified atom stereocenters.